The molecule has 20 heavy (non-hydrogen) atoms. The molecule has 2 unspecified atom stereocenters. The lowest BCUT2D eigenvalue weighted by Gasteiger charge is -2.22. The number of nitrogens with one attached hydrogen (secondary N) is 1. The van der Waals surface area contributed by atoms with Gasteiger partial charge >= 0.3 is 12.0 Å². The van der Waals surface area contributed by atoms with Gasteiger partial charge in [0.1, 0.15) is 6.04 Å². The number of halogens is 1. The molecule has 0 aromatic heterocycles. The molecule has 0 spiro atoms. The zero-order valence-corrected chi connectivity index (χ0v) is 12.4. The fourth-order valence-corrected chi connectivity index (χ4v) is 2.57. The molecule has 1 saturated heterocycles. The fourth-order valence-electron chi connectivity index (χ4n) is 2.20. The molecule has 3 N–H and O–H groups in total. The third-order valence-electron chi connectivity index (χ3n) is 3.33. The first kappa shape index (κ1) is 14.8. The molecule has 2 atom stereocenters. The summed E-state index contributed by atoms with van der Waals surface area (Å²) in [5.74, 6) is -1.11. The molecule has 1 aliphatic rings. The van der Waals surface area contributed by atoms with E-state index in [0.29, 0.717) is 5.69 Å². The molecule has 0 saturated carbocycles. The predicted octanol–water partition coefficient (Wildman–Crippen LogP) is 1.81. The summed E-state index contributed by atoms with van der Waals surface area (Å²) in [5.41, 5.74) is 1.46. The molecule has 1 aliphatic heterocycles. The molecular weight excluding hydrogens is 328 g/mol. The maximum Gasteiger partial charge on any atom is 0.326 e. The number of amides is 2. The Balaban J connectivity index is 2.15. The van der Waals surface area contributed by atoms with Crippen molar-refractivity contribution >= 4 is 33.6 Å². The zero-order chi connectivity index (χ0) is 14.9. The highest BCUT2D eigenvalue weighted by molar-refractivity contribution is 9.10. The lowest BCUT2D eigenvalue weighted by molar-refractivity contribution is -0.141. The third-order valence-corrected chi connectivity index (χ3v) is 4.19. The van der Waals surface area contributed by atoms with Crippen LogP contribution in [-0.2, 0) is 4.79 Å². The standard InChI is InChI=1S/C13H15BrN2O4/c1-7-9(14)3-2-4-10(7)15-13(20)16-6-8(17)5-11(16)12(18)19/h2-4,8,11,17H,5-6H2,1H3,(H,15,20)(H,18,19). The third kappa shape index (κ3) is 2.94. The van der Waals surface area contributed by atoms with Crippen molar-refractivity contribution in [3.63, 3.8) is 0 Å². The number of benzene rings is 1. The van der Waals surface area contributed by atoms with Gasteiger partial charge in [0.15, 0.2) is 0 Å². The maximum atomic E-state index is 12.2. The van der Waals surface area contributed by atoms with Crippen molar-refractivity contribution in [2.24, 2.45) is 0 Å². The normalized spacial score (nSPS) is 21.9. The lowest BCUT2D eigenvalue weighted by atomic mass is 10.2. The maximum absolute atomic E-state index is 12.2. The van der Waals surface area contributed by atoms with E-state index < -0.39 is 24.1 Å². The average Bonchev–Trinajstić information content (AvgIpc) is 2.77. The summed E-state index contributed by atoms with van der Waals surface area (Å²) in [7, 11) is 0. The number of aliphatic hydroxyl groups is 1. The van der Waals surface area contributed by atoms with Gasteiger partial charge in [-0.05, 0) is 24.6 Å². The molecule has 7 heteroatoms. The minimum Gasteiger partial charge on any atom is -0.480 e. The Bertz CT molecular complexity index is 549. The van der Waals surface area contributed by atoms with Crippen molar-refractivity contribution in [2.45, 2.75) is 25.5 Å². The van der Waals surface area contributed by atoms with Crippen molar-refractivity contribution in [1.29, 1.82) is 0 Å². The van der Waals surface area contributed by atoms with Crippen molar-refractivity contribution in [3.8, 4) is 0 Å². The van der Waals surface area contributed by atoms with Gasteiger partial charge in [-0.1, -0.05) is 22.0 Å². The first-order valence-electron chi connectivity index (χ1n) is 6.13. The van der Waals surface area contributed by atoms with E-state index in [-0.39, 0.29) is 13.0 Å². The second-order valence-electron chi connectivity index (χ2n) is 4.74. The van der Waals surface area contributed by atoms with Gasteiger partial charge in [0.25, 0.3) is 0 Å². The van der Waals surface area contributed by atoms with Crippen LogP contribution in [0.4, 0.5) is 10.5 Å². The van der Waals surface area contributed by atoms with Gasteiger partial charge in [-0.3, -0.25) is 0 Å². The summed E-state index contributed by atoms with van der Waals surface area (Å²) in [6.07, 6.45) is -0.745. The number of hydrogen-bond acceptors (Lipinski definition) is 3. The molecule has 1 aromatic carbocycles. The molecule has 0 aliphatic carbocycles. The van der Waals surface area contributed by atoms with Crippen LogP contribution in [0.15, 0.2) is 22.7 Å². The van der Waals surface area contributed by atoms with Crippen LogP contribution in [-0.4, -0.2) is 45.8 Å². The van der Waals surface area contributed by atoms with Gasteiger partial charge < -0.3 is 20.4 Å². The Labute approximate surface area is 124 Å². The average molecular weight is 343 g/mol. The number of carbonyl (C=O) groups excluding carboxylic acids is 1. The van der Waals surface area contributed by atoms with Crippen molar-refractivity contribution < 1.29 is 19.8 Å². The predicted molar refractivity (Wildman–Crippen MR) is 76.7 cm³/mol. The molecule has 1 fully saturated rings. The molecule has 0 bridgehead atoms. The molecular formula is C13H15BrN2O4. The van der Waals surface area contributed by atoms with Crippen molar-refractivity contribution in [1.82, 2.24) is 4.90 Å². The number of hydrogen-bond donors (Lipinski definition) is 3. The number of carboxylic acid groups (broad SMARTS) is 1. The van der Waals surface area contributed by atoms with E-state index in [1.165, 1.54) is 0 Å². The van der Waals surface area contributed by atoms with Gasteiger partial charge in [0.05, 0.1) is 6.10 Å². The summed E-state index contributed by atoms with van der Waals surface area (Å²) >= 11 is 3.37. The number of rotatable bonds is 2. The Morgan fingerprint density at radius 3 is 2.80 bits per heavy atom. The second kappa shape index (κ2) is 5.80. The van der Waals surface area contributed by atoms with Gasteiger partial charge in [-0.15, -0.1) is 0 Å². The number of anilines is 1. The smallest absolute Gasteiger partial charge is 0.326 e. The van der Waals surface area contributed by atoms with Crippen LogP contribution >= 0.6 is 15.9 Å². The van der Waals surface area contributed by atoms with Crippen LogP contribution in [0, 0.1) is 6.92 Å². The second-order valence-corrected chi connectivity index (χ2v) is 5.59. The summed E-state index contributed by atoms with van der Waals surface area (Å²) in [6, 6.07) is 3.86. The van der Waals surface area contributed by atoms with Gasteiger partial charge in [0, 0.05) is 23.1 Å². The van der Waals surface area contributed by atoms with Crippen LogP contribution in [0.3, 0.4) is 0 Å². The van der Waals surface area contributed by atoms with Gasteiger partial charge in [0.2, 0.25) is 0 Å². The van der Waals surface area contributed by atoms with E-state index in [0.717, 1.165) is 14.9 Å². The summed E-state index contributed by atoms with van der Waals surface area (Å²) in [4.78, 5) is 24.4. The van der Waals surface area contributed by atoms with Crippen molar-refractivity contribution in [2.75, 3.05) is 11.9 Å². The van der Waals surface area contributed by atoms with E-state index in [9.17, 15) is 14.7 Å². The highest BCUT2D eigenvalue weighted by Gasteiger charge is 2.39. The van der Waals surface area contributed by atoms with Gasteiger partial charge in [-0.2, -0.15) is 0 Å². The Hall–Kier alpha value is -1.60. The largest absolute Gasteiger partial charge is 0.480 e. The zero-order valence-electron chi connectivity index (χ0n) is 10.8. The van der Waals surface area contributed by atoms with E-state index in [2.05, 4.69) is 21.2 Å². The van der Waals surface area contributed by atoms with Gasteiger partial charge in [-0.25, -0.2) is 9.59 Å². The number of likely N-dealkylation sites (tertiary alicyclic amines) is 1. The number of carboxylic acids is 1. The first-order valence-corrected chi connectivity index (χ1v) is 6.93. The summed E-state index contributed by atoms with van der Waals surface area (Å²) in [5, 5.41) is 21.3. The van der Waals surface area contributed by atoms with Crippen LogP contribution in [0.5, 0.6) is 0 Å². The highest BCUT2D eigenvalue weighted by Crippen LogP contribution is 2.25. The number of β-amino-alcohol motifs (C(OH)–C–C–N with tert-alkyl or cyclic N) is 1. The van der Waals surface area contributed by atoms with E-state index in [1.807, 2.05) is 13.0 Å². The summed E-state index contributed by atoms with van der Waals surface area (Å²) < 4.78 is 0.853. The Morgan fingerprint density at radius 2 is 2.15 bits per heavy atom. The molecule has 1 heterocycles. The van der Waals surface area contributed by atoms with E-state index >= 15 is 0 Å². The summed E-state index contributed by atoms with van der Waals surface area (Å²) in [6.45, 7) is 1.86. The lowest BCUT2D eigenvalue weighted by Crippen LogP contribution is -2.43. The number of urea groups is 1. The first-order chi connectivity index (χ1) is 9.40. The number of carbonyl (C=O) groups is 2. The number of aliphatic hydroxyl groups excluding tert-OH is 1. The molecule has 2 rings (SSSR count). The quantitative estimate of drug-likeness (QED) is 0.764. The van der Waals surface area contributed by atoms with Crippen LogP contribution in [0.1, 0.15) is 12.0 Å². The molecule has 6 nitrogen and oxygen atoms in total. The molecule has 1 aromatic rings. The topological polar surface area (TPSA) is 89.9 Å². The highest BCUT2D eigenvalue weighted by atomic mass is 79.9. The van der Waals surface area contributed by atoms with Crippen LogP contribution < -0.4 is 5.32 Å². The molecule has 2 amide bonds. The van der Waals surface area contributed by atoms with E-state index in [4.69, 9.17) is 5.11 Å². The fraction of sp³-hybridized carbons (Fsp3) is 0.385. The minimum absolute atomic E-state index is 0.0237. The number of nitrogens with zero attached hydrogens (tertiary/aromatic N) is 1. The number of aliphatic carboxylic acids is 1. The van der Waals surface area contributed by atoms with E-state index in [1.54, 1.807) is 12.1 Å². The SMILES string of the molecule is Cc1c(Br)cccc1NC(=O)N1CC(O)CC1C(=O)O. The minimum atomic E-state index is -1.11. The van der Waals surface area contributed by atoms with Crippen LogP contribution in [0.2, 0.25) is 0 Å². The molecule has 0 radical (unpaired) electrons. The Kier molecular flexibility index (Phi) is 4.29. The Morgan fingerprint density at radius 1 is 1.45 bits per heavy atom. The van der Waals surface area contributed by atoms with Crippen LogP contribution in [0.25, 0.3) is 0 Å². The molecule has 108 valence electrons. The monoisotopic (exact) mass is 342 g/mol. The van der Waals surface area contributed by atoms with Crippen molar-refractivity contribution in [3.05, 3.63) is 28.2 Å².